The second kappa shape index (κ2) is 6.71. The third-order valence-corrected chi connectivity index (χ3v) is 4.74. The molecule has 0 radical (unpaired) electrons. The number of H-pyrrole nitrogens is 1. The molecule has 0 aliphatic rings. The zero-order valence-electron chi connectivity index (χ0n) is 11.4. The summed E-state index contributed by atoms with van der Waals surface area (Å²) in [6.07, 6.45) is 0.753. The van der Waals surface area contributed by atoms with Crippen molar-refractivity contribution in [3.63, 3.8) is 0 Å². The van der Waals surface area contributed by atoms with Gasteiger partial charge in [-0.15, -0.1) is 16.4 Å². The van der Waals surface area contributed by atoms with Crippen LogP contribution in [0.25, 0.3) is 0 Å². The standard InChI is InChI=1S/C14H12N4O2S2/c19-18(20)11-5-3-10(4-6-11)9-22-14-15-13(16-17-14)8-12-2-1-7-21-12/h1-7H,8-9H2,(H,15,16,17). The first-order valence-corrected chi connectivity index (χ1v) is 8.37. The number of hydrogen-bond acceptors (Lipinski definition) is 6. The van der Waals surface area contributed by atoms with Gasteiger partial charge in [0, 0.05) is 29.2 Å². The number of nitro groups is 1. The largest absolute Gasteiger partial charge is 0.269 e. The molecule has 8 heteroatoms. The maximum atomic E-state index is 10.6. The smallest absolute Gasteiger partial charge is 0.262 e. The lowest BCUT2D eigenvalue weighted by Crippen LogP contribution is -1.88. The van der Waals surface area contributed by atoms with Crippen LogP contribution in [0.1, 0.15) is 16.3 Å². The molecule has 3 aromatic rings. The van der Waals surface area contributed by atoms with E-state index in [4.69, 9.17) is 0 Å². The van der Waals surface area contributed by atoms with Gasteiger partial charge in [0.15, 0.2) is 0 Å². The van der Waals surface area contributed by atoms with Gasteiger partial charge in [-0.1, -0.05) is 30.0 Å². The van der Waals surface area contributed by atoms with E-state index in [1.165, 1.54) is 28.8 Å². The van der Waals surface area contributed by atoms with Gasteiger partial charge in [-0.05, 0) is 17.0 Å². The maximum Gasteiger partial charge on any atom is 0.269 e. The molecular weight excluding hydrogens is 320 g/mol. The average Bonchev–Trinajstić information content (AvgIpc) is 3.18. The van der Waals surface area contributed by atoms with Gasteiger partial charge in [0.25, 0.3) is 5.69 Å². The highest BCUT2D eigenvalue weighted by Gasteiger charge is 2.07. The molecule has 1 N–H and O–H groups in total. The summed E-state index contributed by atoms with van der Waals surface area (Å²) in [7, 11) is 0. The van der Waals surface area contributed by atoms with Gasteiger partial charge in [0.2, 0.25) is 5.16 Å². The number of nitrogens with zero attached hydrogens (tertiary/aromatic N) is 3. The lowest BCUT2D eigenvalue weighted by atomic mass is 10.2. The number of non-ortho nitro benzene ring substituents is 1. The van der Waals surface area contributed by atoms with Crippen molar-refractivity contribution in [2.75, 3.05) is 0 Å². The summed E-state index contributed by atoms with van der Waals surface area (Å²) in [4.78, 5) is 15.9. The normalized spacial score (nSPS) is 10.7. The zero-order chi connectivity index (χ0) is 15.4. The highest BCUT2D eigenvalue weighted by atomic mass is 32.2. The van der Waals surface area contributed by atoms with E-state index in [2.05, 4.69) is 21.2 Å². The summed E-state index contributed by atoms with van der Waals surface area (Å²) < 4.78 is 0. The number of aromatic amines is 1. The molecule has 22 heavy (non-hydrogen) atoms. The van der Waals surface area contributed by atoms with Crippen LogP contribution >= 0.6 is 23.1 Å². The van der Waals surface area contributed by atoms with Crippen molar-refractivity contribution in [1.29, 1.82) is 0 Å². The molecule has 0 spiro atoms. The molecule has 1 aromatic carbocycles. The number of hydrogen-bond donors (Lipinski definition) is 1. The molecule has 3 rings (SSSR count). The molecule has 0 saturated carbocycles. The number of rotatable bonds is 6. The number of benzene rings is 1. The Hall–Kier alpha value is -2.19. The van der Waals surface area contributed by atoms with E-state index in [0.29, 0.717) is 10.9 Å². The monoisotopic (exact) mass is 332 g/mol. The molecule has 0 fully saturated rings. The number of nitro benzene ring substituents is 1. The van der Waals surface area contributed by atoms with Crippen molar-refractivity contribution in [3.05, 3.63) is 68.2 Å². The van der Waals surface area contributed by atoms with Gasteiger partial charge in [-0.25, -0.2) is 4.98 Å². The van der Waals surface area contributed by atoms with Gasteiger partial charge >= 0.3 is 0 Å². The second-order valence-electron chi connectivity index (χ2n) is 4.53. The quantitative estimate of drug-likeness (QED) is 0.423. The molecule has 6 nitrogen and oxygen atoms in total. The van der Waals surface area contributed by atoms with Crippen LogP contribution in [0.4, 0.5) is 5.69 Å². The Bertz CT molecular complexity index is 754. The average molecular weight is 332 g/mol. The van der Waals surface area contributed by atoms with Gasteiger partial charge in [-0.3, -0.25) is 15.2 Å². The van der Waals surface area contributed by atoms with Crippen LogP contribution in [0.15, 0.2) is 46.9 Å². The molecule has 0 saturated heterocycles. The van der Waals surface area contributed by atoms with Crippen molar-refractivity contribution >= 4 is 28.8 Å². The van der Waals surface area contributed by atoms with Gasteiger partial charge in [0.05, 0.1) is 4.92 Å². The molecular formula is C14H12N4O2S2. The first-order chi connectivity index (χ1) is 10.7. The number of nitrogens with one attached hydrogen (secondary N) is 1. The lowest BCUT2D eigenvalue weighted by Gasteiger charge is -1.98. The maximum absolute atomic E-state index is 10.6. The van der Waals surface area contributed by atoms with Crippen LogP contribution in [0.5, 0.6) is 0 Å². The Morgan fingerprint density at radius 1 is 1.27 bits per heavy atom. The molecule has 2 heterocycles. The summed E-state index contributed by atoms with van der Waals surface area (Å²) in [5.41, 5.74) is 1.10. The molecule has 2 aromatic heterocycles. The summed E-state index contributed by atoms with van der Waals surface area (Å²) in [5.74, 6) is 1.52. The highest BCUT2D eigenvalue weighted by Crippen LogP contribution is 2.21. The second-order valence-corrected chi connectivity index (χ2v) is 6.51. The van der Waals surface area contributed by atoms with Gasteiger partial charge < -0.3 is 0 Å². The van der Waals surface area contributed by atoms with Crippen LogP contribution in [-0.4, -0.2) is 20.1 Å². The molecule has 0 bridgehead atoms. The Balaban J connectivity index is 1.57. The minimum absolute atomic E-state index is 0.102. The fraction of sp³-hybridized carbons (Fsp3) is 0.143. The van der Waals surface area contributed by atoms with Crippen LogP contribution in [0.2, 0.25) is 0 Å². The minimum Gasteiger partial charge on any atom is -0.262 e. The number of thioether (sulfide) groups is 1. The lowest BCUT2D eigenvalue weighted by molar-refractivity contribution is -0.384. The predicted octanol–water partition coefficient (Wildman–Crippen LogP) is 3.66. The molecule has 0 amide bonds. The van der Waals surface area contributed by atoms with E-state index in [1.54, 1.807) is 23.5 Å². The van der Waals surface area contributed by atoms with E-state index < -0.39 is 4.92 Å². The van der Waals surface area contributed by atoms with Crippen LogP contribution in [0.3, 0.4) is 0 Å². The van der Waals surface area contributed by atoms with Crippen molar-refractivity contribution in [2.45, 2.75) is 17.3 Å². The van der Waals surface area contributed by atoms with Gasteiger partial charge in [-0.2, -0.15) is 0 Å². The van der Waals surface area contributed by atoms with E-state index >= 15 is 0 Å². The number of thiophene rings is 1. The van der Waals surface area contributed by atoms with Crippen molar-refractivity contribution in [3.8, 4) is 0 Å². The van der Waals surface area contributed by atoms with Crippen LogP contribution in [0, 0.1) is 10.1 Å². The Kier molecular flexibility index (Phi) is 4.50. The SMILES string of the molecule is O=[N+]([O-])c1ccc(CSc2n[nH]c(Cc3cccs3)n2)cc1. The van der Waals surface area contributed by atoms with Crippen molar-refractivity contribution in [2.24, 2.45) is 0 Å². The molecule has 0 aliphatic heterocycles. The Labute approximate surface area is 134 Å². The van der Waals surface area contributed by atoms with Gasteiger partial charge in [0.1, 0.15) is 5.82 Å². The first kappa shape index (κ1) is 14.7. The summed E-state index contributed by atoms with van der Waals surface area (Å²) in [5, 5.41) is 20.4. The predicted molar refractivity (Wildman–Crippen MR) is 86.2 cm³/mol. The number of aromatic nitrogens is 3. The van der Waals surface area contributed by atoms with E-state index in [-0.39, 0.29) is 5.69 Å². The third-order valence-electron chi connectivity index (χ3n) is 2.95. The zero-order valence-corrected chi connectivity index (χ0v) is 13.1. The fourth-order valence-electron chi connectivity index (χ4n) is 1.86. The molecule has 0 aliphatic carbocycles. The van der Waals surface area contributed by atoms with Crippen LogP contribution in [-0.2, 0) is 12.2 Å². The van der Waals surface area contributed by atoms with E-state index in [0.717, 1.165) is 17.8 Å². The molecule has 112 valence electrons. The summed E-state index contributed by atoms with van der Waals surface area (Å²) in [6, 6.07) is 10.6. The minimum atomic E-state index is -0.400. The third kappa shape index (κ3) is 3.71. The fourth-order valence-corrected chi connectivity index (χ4v) is 3.34. The van der Waals surface area contributed by atoms with Crippen LogP contribution < -0.4 is 0 Å². The Morgan fingerprint density at radius 2 is 2.09 bits per heavy atom. The summed E-state index contributed by atoms with van der Waals surface area (Å²) in [6.45, 7) is 0. The first-order valence-electron chi connectivity index (χ1n) is 6.50. The topological polar surface area (TPSA) is 84.7 Å². The van der Waals surface area contributed by atoms with Crippen molar-refractivity contribution in [1.82, 2.24) is 15.2 Å². The van der Waals surface area contributed by atoms with Crippen molar-refractivity contribution < 1.29 is 4.92 Å². The molecule has 0 unspecified atom stereocenters. The Morgan fingerprint density at radius 3 is 2.77 bits per heavy atom. The molecule has 0 atom stereocenters. The van der Waals surface area contributed by atoms with E-state index in [1.807, 2.05) is 11.4 Å². The summed E-state index contributed by atoms with van der Waals surface area (Å²) >= 11 is 3.19. The van der Waals surface area contributed by atoms with E-state index in [9.17, 15) is 10.1 Å². The highest BCUT2D eigenvalue weighted by molar-refractivity contribution is 7.98.